The average Bonchev–Trinajstić information content (AvgIpc) is 2.22. The Balaban J connectivity index is 3.46. The molecule has 0 aromatic heterocycles. The van der Waals surface area contributed by atoms with Crippen LogP contribution in [0.3, 0.4) is 0 Å². The summed E-state index contributed by atoms with van der Waals surface area (Å²) < 4.78 is 33.9. The fraction of sp³-hybridized carbons (Fsp3) is 0.889. The van der Waals surface area contributed by atoms with Crippen molar-refractivity contribution < 1.29 is 23.0 Å². The number of carbonyl (C=O) groups is 1. The highest BCUT2D eigenvalue weighted by molar-refractivity contribution is 5.59. The van der Waals surface area contributed by atoms with Gasteiger partial charge in [0.1, 0.15) is 25.6 Å². The largest absolute Gasteiger partial charge is 0.508 e. The predicted molar refractivity (Wildman–Crippen MR) is 47.7 cm³/mol. The molecule has 0 aromatic rings. The van der Waals surface area contributed by atoms with Crippen molar-refractivity contribution >= 4 is 6.16 Å². The van der Waals surface area contributed by atoms with E-state index in [4.69, 9.17) is 0 Å². The molecule has 3 nitrogen and oxygen atoms in total. The Bertz CT molecular complexity index is 148. The maximum Gasteiger partial charge on any atom is 0.508 e. The zero-order valence-electron chi connectivity index (χ0n) is 8.46. The Hall–Kier alpha value is -0.870. The van der Waals surface area contributed by atoms with Crippen LogP contribution in [-0.4, -0.2) is 31.7 Å². The van der Waals surface area contributed by atoms with Gasteiger partial charge < -0.3 is 9.47 Å². The first kappa shape index (κ1) is 13.1. The molecule has 0 heterocycles. The number of carbonyl (C=O) groups excluding carboxylic acids is 1. The highest BCUT2D eigenvalue weighted by Gasteiger charge is 2.11. The summed E-state index contributed by atoms with van der Waals surface area (Å²) in [7, 11) is 0. The van der Waals surface area contributed by atoms with Crippen LogP contribution in [0, 0.1) is 0 Å². The maximum atomic E-state index is 12.6. The normalized spacial score (nSPS) is 14.6. The van der Waals surface area contributed by atoms with Crippen molar-refractivity contribution in [2.75, 3.05) is 13.2 Å². The quantitative estimate of drug-likeness (QED) is 0.632. The van der Waals surface area contributed by atoms with Crippen molar-refractivity contribution in [2.45, 2.75) is 39.0 Å². The van der Waals surface area contributed by atoms with Gasteiger partial charge in [0.2, 0.25) is 0 Å². The molecule has 0 radical (unpaired) electrons. The standard InChI is InChI=1S/C9H16F2O3/c1-3-7(10)5-13-9(12)14-6-8(11)4-2/h7-8H,3-6H2,1-2H3/t7-,8-/m1/s1. The summed E-state index contributed by atoms with van der Waals surface area (Å²) in [4.78, 5) is 10.7. The van der Waals surface area contributed by atoms with Crippen LogP contribution in [0.25, 0.3) is 0 Å². The molecule has 0 spiro atoms. The summed E-state index contributed by atoms with van der Waals surface area (Å²) in [6.07, 6.45) is -2.84. The van der Waals surface area contributed by atoms with Crippen LogP contribution < -0.4 is 0 Å². The Morgan fingerprint density at radius 3 is 1.71 bits per heavy atom. The lowest BCUT2D eigenvalue weighted by molar-refractivity contribution is 0.0239. The van der Waals surface area contributed by atoms with Gasteiger partial charge in [0, 0.05) is 0 Å². The second-order valence-corrected chi connectivity index (χ2v) is 2.88. The molecule has 5 heteroatoms. The predicted octanol–water partition coefficient (Wildman–Crippen LogP) is 2.64. The Labute approximate surface area is 82.4 Å². The minimum absolute atomic E-state index is 0.272. The monoisotopic (exact) mass is 210 g/mol. The van der Waals surface area contributed by atoms with Gasteiger partial charge in [0.05, 0.1) is 0 Å². The zero-order valence-corrected chi connectivity index (χ0v) is 8.46. The Morgan fingerprint density at radius 1 is 1.07 bits per heavy atom. The van der Waals surface area contributed by atoms with Crippen LogP contribution in [0.15, 0.2) is 0 Å². The van der Waals surface area contributed by atoms with Gasteiger partial charge in [-0.2, -0.15) is 0 Å². The zero-order chi connectivity index (χ0) is 11.0. The first-order valence-electron chi connectivity index (χ1n) is 4.67. The number of hydrogen-bond donors (Lipinski definition) is 0. The molecule has 0 unspecified atom stereocenters. The molecule has 2 atom stereocenters. The van der Waals surface area contributed by atoms with Crippen molar-refractivity contribution in [3.63, 3.8) is 0 Å². The van der Waals surface area contributed by atoms with Gasteiger partial charge in [-0.1, -0.05) is 13.8 Å². The van der Waals surface area contributed by atoms with Crippen LogP contribution in [0.2, 0.25) is 0 Å². The molecule has 0 bridgehead atoms. The summed E-state index contributed by atoms with van der Waals surface area (Å²) in [6, 6.07) is 0. The van der Waals surface area contributed by atoms with Crippen LogP contribution in [0.5, 0.6) is 0 Å². The van der Waals surface area contributed by atoms with E-state index in [0.29, 0.717) is 0 Å². The Kier molecular flexibility index (Phi) is 7.06. The van der Waals surface area contributed by atoms with E-state index in [-0.39, 0.29) is 26.1 Å². The van der Waals surface area contributed by atoms with Crippen molar-refractivity contribution in [3.05, 3.63) is 0 Å². The molecule has 0 aliphatic rings. The molecule has 0 saturated heterocycles. The maximum absolute atomic E-state index is 12.6. The lowest BCUT2D eigenvalue weighted by Gasteiger charge is -2.09. The molecule has 14 heavy (non-hydrogen) atoms. The van der Waals surface area contributed by atoms with Gasteiger partial charge in [-0.25, -0.2) is 13.6 Å². The fourth-order valence-electron chi connectivity index (χ4n) is 0.594. The SMILES string of the molecule is CC[C@@H](F)COC(=O)OC[C@H](F)CC. The molecule has 0 aromatic carbocycles. The number of rotatable bonds is 6. The highest BCUT2D eigenvalue weighted by atomic mass is 19.1. The van der Waals surface area contributed by atoms with Crippen molar-refractivity contribution in [2.24, 2.45) is 0 Å². The van der Waals surface area contributed by atoms with Gasteiger partial charge >= 0.3 is 6.16 Å². The summed E-state index contributed by atoms with van der Waals surface area (Å²) in [6.45, 7) is 2.60. The van der Waals surface area contributed by atoms with Crippen molar-refractivity contribution in [3.8, 4) is 0 Å². The van der Waals surface area contributed by atoms with Crippen molar-refractivity contribution in [1.29, 1.82) is 0 Å². The Morgan fingerprint density at radius 2 is 1.43 bits per heavy atom. The van der Waals surface area contributed by atoms with Gasteiger partial charge in [-0.05, 0) is 12.8 Å². The number of ether oxygens (including phenoxy) is 2. The van der Waals surface area contributed by atoms with Crippen LogP contribution in [-0.2, 0) is 9.47 Å². The minimum Gasteiger partial charge on any atom is -0.431 e. The topological polar surface area (TPSA) is 35.5 Å². The number of hydrogen-bond acceptors (Lipinski definition) is 3. The lowest BCUT2D eigenvalue weighted by atomic mass is 10.3. The van der Waals surface area contributed by atoms with E-state index in [1.807, 2.05) is 0 Å². The summed E-state index contributed by atoms with van der Waals surface area (Å²) in [5, 5.41) is 0. The summed E-state index contributed by atoms with van der Waals surface area (Å²) in [5.41, 5.74) is 0. The molecular weight excluding hydrogens is 194 g/mol. The average molecular weight is 210 g/mol. The second-order valence-electron chi connectivity index (χ2n) is 2.88. The van der Waals surface area contributed by atoms with Gasteiger partial charge in [-0.15, -0.1) is 0 Å². The van der Waals surface area contributed by atoms with Crippen LogP contribution in [0.1, 0.15) is 26.7 Å². The third-order valence-corrected chi connectivity index (χ3v) is 1.65. The molecule has 0 fully saturated rings. The van der Waals surface area contributed by atoms with Gasteiger partial charge in [0.15, 0.2) is 0 Å². The first-order chi connectivity index (χ1) is 6.60. The van der Waals surface area contributed by atoms with E-state index in [1.54, 1.807) is 13.8 Å². The third kappa shape index (κ3) is 6.62. The smallest absolute Gasteiger partial charge is 0.431 e. The van der Waals surface area contributed by atoms with Crippen LogP contribution >= 0.6 is 0 Å². The number of halogens is 2. The second kappa shape index (κ2) is 7.53. The highest BCUT2D eigenvalue weighted by Crippen LogP contribution is 2.01. The van der Waals surface area contributed by atoms with E-state index in [0.717, 1.165) is 0 Å². The van der Waals surface area contributed by atoms with Crippen LogP contribution in [0.4, 0.5) is 13.6 Å². The molecular formula is C9H16F2O3. The summed E-state index contributed by atoms with van der Waals surface area (Å²) >= 11 is 0. The molecule has 0 rings (SSSR count). The minimum atomic E-state index is -1.19. The molecule has 0 N–H and O–H groups in total. The van der Waals surface area contributed by atoms with E-state index in [9.17, 15) is 13.6 Å². The van der Waals surface area contributed by atoms with E-state index in [1.165, 1.54) is 0 Å². The molecule has 0 aliphatic heterocycles. The fourth-order valence-corrected chi connectivity index (χ4v) is 0.594. The molecule has 0 saturated carbocycles. The van der Waals surface area contributed by atoms with Gasteiger partial charge in [-0.3, -0.25) is 0 Å². The van der Waals surface area contributed by atoms with E-state index < -0.39 is 18.5 Å². The molecule has 84 valence electrons. The molecule has 0 amide bonds. The lowest BCUT2D eigenvalue weighted by Crippen LogP contribution is -2.18. The van der Waals surface area contributed by atoms with Gasteiger partial charge in [0.25, 0.3) is 0 Å². The van der Waals surface area contributed by atoms with Crippen molar-refractivity contribution in [1.82, 2.24) is 0 Å². The third-order valence-electron chi connectivity index (χ3n) is 1.65. The summed E-state index contributed by atoms with van der Waals surface area (Å²) in [5.74, 6) is 0. The van der Waals surface area contributed by atoms with E-state index in [2.05, 4.69) is 9.47 Å². The first-order valence-corrected chi connectivity index (χ1v) is 4.67. The molecule has 0 aliphatic carbocycles. The number of alkyl halides is 2. The van der Waals surface area contributed by atoms with E-state index >= 15 is 0 Å².